The van der Waals surface area contributed by atoms with E-state index in [-0.39, 0.29) is 24.7 Å². The van der Waals surface area contributed by atoms with Crippen molar-refractivity contribution < 1.29 is 18.7 Å². The summed E-state index contributed by atoms with van der Waals surface area (Å²) in [4.78, 5) is 22.3. The summed E-state index contributed by atoms with van der Waals surface area (Å²) in [5, 5.41) is 2.62. The average molecular weight is 344 g/mol. The highest BCUT2D eigenvalue weighted by molar-refractivity contribution is 9.10. The second kappa shape index (κ2) is 8.47. The molecule has 1 amide bonds. The van der Waals surface area contributed by atoms with Gasteiger partial charge in [0, 0.05) is 23.5 Å². The Morgan fingerprint density at radius 3 is 2.90 bits per heavy atom. The second-order valence-corrected chi connectivity index (χ2v) is 4.82. The molecule has 1 aromatic carbocycles. The largest absolute Gasteiger partial charge is 0.466 e. The van der Waals surface area contributed by atoms with Crippen LogP contribution in [0.3, 0.4) is 0 Å². The van der Waals surface area contributed by atoms with Crippen LogP contribution in [0.1, 0.15) is 12.0 Å². The first-order valence-corrected chi connectivity index (χ1v) is 6.77. The van der Waals surface area contributed by atoms with Crippen molar-refractivity contribution in [2.75, 3.05) is 13.7 Å². The maximum Gasteiger partial charge on any atom is 0.330 e. The zero-order chi connectivity index (χ0) is 15.0. The summed E-state index contributed by atoms with van der Waals surface area (Å²) in [6, 6.07) is 4.36. The molecule has 0 aliphatic rings. The molecule has 6 heteroatoms. The van der Waals surface area contributed by atoms with E-state index in [0.29, 0.717) is 6.42 Å². The van der Waals surface area contributed by atoms with Crippen molar-refractivity contribution in [1.29, 1.82) is 0 Å². The molecule has 1 N–H and O–H groups in total. The molecule has 0 aromatic heterocycles. The number of amides is 1. The van der Waals surface area contributed by atoms with Crippen LogP contribution in [0.2, 0.25) is 0 Å². The zero-order valence-electron chi connectivity index (χ0n) is 11.0. The van der Waals surface area contributed by atoms with Crippen LogP contribution in [0, 0.1) is 5.82 Å². The van der Waals surface area contributed by atoms with Crippen LogP contribution >= 0.6 is 15.9 Å². The first kappa shape index (κ1) is 16.4. The second-order valence-electron chi connectivity index (χ2n) is 3.97. The van der Waals surface area contributed by atoms with Gasteiger partial charge in [0.1, 0.15) is 5.82 Å². The zero-order valence-corrected chi connectivity index (χ0v) is 12.6. The van der Waals surface area contributed by atoms with Crippen molar-refractivity contribution in [3.63, 3.8) is 0 Å². The number of halogens is 2. The van der Waals surface area contributed by atoms with E-state index < -0.39 is 5.97 Å². The molecule has 0 fully saturated rings. The van der Waals surface area contributed by atoms with Gasteiger partial charge in [0.05, 0.1) is 7.11 Å². The van der Waals surface area contributed by atoms with E-state index in [1.165, 1.54) is 31.4 Å². The van der Waals surface area contributed by atoms with Crippen molar-refractivity contribution >= 4 is 27.8 Å². The van der Waals surface area contributed by atoms with E-state index >= 15 is 0 Å². The molecule has 0 bridgehead atoms. The predicted molar refractivity (Wildman–Crippen MR) is 76.6 cm³/mol. The predicted octanol–water partition coefficient (Wildman–Crippen LogP) is 2.37. The van der Waals surface area contributed by atoms with E-state index in [9.17, 15) is 14.0 Å². The van der Waals surface area contributed by atoms with Crippen LogP contribution in [0.15, 0.2) is 34.8 Å². The topological polar surface area (TPSA) is 55.4 Å². The van der Waals surface area contributed by atoms with Crippen LogP contribution in [0.5, 0.6) is 0 Å². The number of carbonyl (C=O) groups is 2. The number of hydrogen-bond donors (Lipinski definition) is 1. The van der Waals surface area contributed by atoms with Crippen molar-refractivity contribution in [3.05, 3.63) is 46.2 Å². The summed E-state index contributed by atoms with van der Waals surface area (Å²) >= 11 is 3.31. The summed E-state index contributed by atoms with van der Waals surface area (Å²) in [7, 11) is 1.28. The Labute approximate surface area is 125 Å². The van der Waals surface area contributed by atoms with E-state index in [0.717, 1.165) is 10.0 Å². The number of nitrogens with one attached hydrogen (secondary N) is 1. The Kier molecular flexibility index (Phi) is 6.93. The fraction of sp³-hybridized carbons (Fsp3) is 0.286. The van der Waals surface area contributed by atoms with Gasteiger partial charge in [-0.25, -0.2) is 9.18 Å². The van der Waals surface area contributed by atoms with Gasteiger partial charge in [-0.05, 0) is 30.2 Å². The Morgan fingerprint density at radius 2 is 2.20 bits per heavy atom. The number of benzene rings is 1. The van der Waals surface area contributed by atoms with Gasteiger partial charge in [0.15, 0.2) is 0 Å². The maximum atomic E-state index is 13.1. The van der Waals surface area contributed by atoms with Crippen LogP contribution in [-0.2, 0) is 20.7 Å². The number of rotatable bonds is 6. The fourth-order valence-corrected chi connectivity index (χ4v) is 1.91. The number of esters is 1. The Morgan fingerprint density at radius 1 is 1.45 bits per heavy atom. The Hall–Kier alpha value is -1.69. The average Bonchev–Trinajstić information content (AvgIpc) is 2.44. The van der Waals surface area contributed by atoms with E-state index in [1.54, 1.807) is 6.07 Å². The van der Waals surface area contributed by atoms with E-state index in [4.69, 9.17) is 0 Å². The number of methoxy groups -OCH3 is 1. The molecule has 0 radical (unpaired) electrons. The van der Waals surface area contributed by atoms with Crippen LogP contribution in [-0.4, -0.2) is 25.5 Å². The minimum Gasteiger partial charge on any atom is -0.466 e. The standard InChI is InChI=1S/C14H15BrFNO3/c1-20-14(19)3-2-8-17-13(18)7-4-10-9-11(16)5-6-12(10)15/h2-3,5-6,9H,4,7-8H2,1H3,(H,17,18)/b3-2+. The summed E-state index contributed by atoms with van der Waals surface area (Å²) in [5.41, 5.74) is 0.741. The Bertz CT molecular complexity index is 517. The SMILES string of the molecule is COC(=O)/C=C/CNC(=O)CCc1cc(F)ccc1Br. The molecule has 0 aliphatic heterocycles. The molecule has 20 heavy (non-hydrogen) atoms. The van der Waals surface area contributed by atoms with Gasteiger partial charge in [-0.15, -0.1) is 0 Å². The molecule has 1 aromatic rings. The lowest BCUT2D eigenvalue weighted by Gasteiger charge is -2.05. The van der Waals surface area contributed by atoms with Gasteiger partial charge in [-0.2, -0.15) is 0 Å². The minimum atomic E-state index is -0.469. The summed E-state index contributed by atoms with van der Waals surface area (Å²) in [6.45, 7) is 0.248. The van der Waals surface area contributed by atoms with Gasteiger partial charge in [-0.3, -0.25) is 4.79 Å². The van der Waals surface area contributed by atoms with Crippen molar-refractivity contribution in [1.82, 2.24) is 5.32 Å². The quantitative estimate of drug-likeness (QED) is 0.637. The molecular weight excluding hydrogens is 329 g/mol. The van der Waals surface area contributed by atoms with Gasteiger partial charge in [0.2, 0.25) is 5.91 Å². The van der Waals surface area contributed by atoms with Crippen molar-refractivity contribution in [2.45, 2.75) is 12.8 Å². The molecule has 0 aliphatic carbocycles. The Balaban J connectivity index is 2.35. The number of aryl methyl sites for hydroxylation is 1. The van der Waals surface area contributed by atoms with Crippen LogP contribution in [0.25, 0.3) is 0 Å². The maximum absolute atomic E-state index is 13.1. The molecule has 1 rings (SSSR count). The summed E-state index contributed by atoms with van der Waals surface area (Å²) in [5.74, 6) is -0.969. The van der Waals surface area contributed by atoms with Crippen molar-refractivity contribution in [2.24, 2.45) is 0 Å². The smallest absolute Gasteiger partial charge is 0.330 e. The third-order valence-corrected chi connectivity index (χ3v) is 3.27. The number of carbonyl (C=O) groups excluding carboxylic acids is 2. The molecule has 0 atom stereocenters. The molecule has 0 unspecified atom stereocenters. The van der Waals surface area contributed by atoms with Gasteiger partial charge < -0.3 is 10.1 Å². The molecule has 4 nitrogen and oxygen atoms in total. The van der Waals surface area contributed by atoms with Crippen LogP contribution < -0.4 is 5.32 Å². The number of hydrogen-bond acceptors (Lipinski definition) is 3. The van der Waals surface area contributed by atoms with Gasteiger partial charge in [0.25, 0.3) is 0 Å². The lowest BCUT2D eigenvalue weighted by molar-refractivity contribution is -0.134. The monoisotopic (exact) mass is 343 g/mol. The minimum absolute atomic E-state index is 0.171. The van der Waals surface area contributed by atoms with Gasteiger partial charge in [-0.1, -0.05) is 22.0 Å². The summed E-state index contributed by atoms with van der Waals surface area (Å²) in [6.07, 6.45) is 3.42. The van der Waals surface area contributed by atoms with Gasteiger partial charge >= 0.3 is 5.97 Å². The highest BCUT2D eigenvalue weighted by Crippen LogP contribution is 2.19. The lowest BCUT2D eigenvalue weighted by atomic mass is 10.1. The molecule has 0 saturated heterocycles. The third kappa shape index (κ3) is 5.97. The highest BCUT2D eigenvalue weighted by Gasteiger charge is 2.05. The van der Waals surface area contributed by atoms with Crippen LogP contribution in [0.4, 0.5) is 4.39 Å². The molecular formula is C14H15BrFNO3. The molecule has 0 saturated carbocycles. The summed E-state index contributed by atoms with van der Waals surface area (Å²) < 4.78 is 18.2. The van der Waals surface area contributed by atoms with Crippen molar-refractivity contribution in [3.8, 4) is 0 Å². The number of ether oxygens (including phenoxy) is 1. The van der Waals surface area contributed by atoms with E-state index in [2.05, 4.69) is 26.0 Å². The fourth-order valence-electron chi connectivity index (χ4n) is 1.47. The third-order valence-electron chi connectivity index (χ3n) is 2.50. The normalized spacial score (nSPS) is 10.6. The molecule has 108 valence electrons. The van der Waals surface area contributed by atoms with E-state index in [1.807, 2.05) is 0 Å². The highest BCUT2D eigenvalue weighted by atomic mass is 79.9. The lowest BCUT2D eigenvalue weighted by Crippen LogP contribution is -2.23. The first-order valence-electron chi connectivity index (χ1n) is 5.98. The molecule has 0 heterocycles. The molecule has 0 spiro atoms. The first-order chi connectivity index (χ1) is 9.52.